The van der Waals surface area contributed by atoms with Gasteiger partial charge < -0.3 is 5.32 Å². The van der Waals surface area contributed by atoms with Crippen molar-refractivity contribution >= 4 is 5.91 Å². The molecule has 0 radical (unpaired) electrons. The van der Waals surface area contributed by atoms with Crippen molar-refractivity contribution in [3.8, 4) is 0 Å². The van der Waals surface area contributed by atoms with Gasteiger partial charge in [-0.2, -0.15) is 0 Å². The van der Waals surface area contributed by atoms with Crippen LogP contribution in [0.1, 0.15) is 43.9 Å². The molecule has 2 rings (SSSR count). The molecule has 19 heavy (non-hydrogen) atoms. The Morgan fingerprint density at radius 1 is 1.53 bits per heavy atom. The van der Waals surface area contributed by atoms with Crippen LogP contribution in [0, 0.1) is 5.82 Å². The Morgan fingerprint density at radius 2 is 2.32 bits per heavy atom. The number of halogens is 1. The predicted molar refractivity (Wildman–Crippen MR) is 73.4 cm³/mol. The van der Waals surface area contributed by atoms with Gasteiger partial charge in [0, 0.05) is 12.6 Å². The van der Waals surface area contributed by atoms with Gasteiger partial charge in [0.15, 0.2) is 0 Å². The van der Waals surface area contributed by atoms with Crippen molar-refractivity contribution in [2.75, 3.05) is 6.54 Å². The van der Waals surface area contributed by atoms with Gasteiger partial charge in [0.2, 0.25) is 5.91 Å². The Balaban J connectivity index is 1.99. The van der Waals surface area contributed by atoms with Crippen molar-refractivity contribution in [2.24, 2.45) is 0 Å². The Kier molecular flexibility index (Phi) is 4.53. The standard InChI is InChI=1S/C15H21FN2O/c1-3-9-17-15(19)10(2)18-14-8-7-11-12(14)5-4-6-13(11)16/h4-6,10,14,18H,3,7-9H2,1-2H3,(H,17,19). The van der Waals surface area contributed by atoms with Crippen molar-refractivity contribution in [1.82, 2.24) is 10.6 Å². The number of carbonyl (C=O) groups excluding carboxylic acids is 1. The summed E-state index contributed by atoms with van der Waals surface area (Å²) in [6.07, 6.45) is 2.51. The number of carbonyl (C=O) groups is 1. The molecule has 0 fully saturated rings. The van der Waals surface area contributed by atoms with Gasteiger partial charge in [-0.25, -0.2) is 4.39 Å². The molecule has 104 valence electrons. The van der Waals surface area contributed by atoms with E-state index < -0.39 is 0 Å². The van der Waals surface area contributed by atoms with E-state index in [0.717, 1.165) is 30.4 Å². The predicted octanol–water partition coefficient (Wildman–Crippen LogP) is 2.32. The SMILES string of the molecule is CCCNC(=O)C(C)NC1CCc2c(F)cccc21. The van der Waals surface area contributed by atoms with E-state index in [9.17, 15) is 9.18 Å². The Morgan fingerprint density at radius 3 is 3.05 bits per heavy atom. The van der Waals surface area contributed by atoms with Gasteiger partial charge in [-0.15, -0.1) is 0 Å². The highest BCUT2D eigenvalue weighted by Crippen LogP contribution is 2.32. The summed E-state index contributed by atoms with van der Waals surface area (Å²) in [6.45, 7) is 4.57. The molecule has 1 amide bonds. The maximum atomic E-state index is 13.6. The number of benzene rings is 1. The lowest BCUT2D eigenvalue weighted by molar-refractivity contribution is -0.122. The van der Waals surface area contributed by atoms with Crippen LogP contribution in [0.2, 0.25) is 0 Å². The van der Waals surface area contributed by atoms with E-state index in [1.807, 2.05) is 19.9 Å². The third-order valence-electron chi connectivity index (χ3n) is 3.61. The number of amides is 1. The van der Waals surface area contributed by atoms with Gasteiger partial charge in [0.1, 0.15) is 5.82 Å². The van der Waals surface area contributed by atoms with Crippen LogP contribution in [0.4, 0.5) is 4.39 Å². The normalized spacial score (nSPS) is 19.0. The zero-order valence-electron chi connectivity index (χ0n) is 11.5. The molecule has 0 aliphatic heterocycles. The van der Waals surface area contributed by atoms with Crippen LogP contribution in [-0.4, -0.2) is 18.5 Å². The molecule has 1 aliphatic rings. The van der Waals surface area contributed by atoms with E-state index in [2.05, 4.69) is 10.6 Å². The largest absolute Gasteiger partial charge is 0.355 e. The minimum atomic E-state index is -0.259. The van der Waals surface area contributed by atoms with Crippen LogP contribution >= 0.6 is 0 Å². The molecule has 1 aromatic rings. The molecule has 0 saturated heterocycles. The molecule has 1 aliphatic carbocycles. The quantitative estimate of drug-likeness (QED) is 0.857. The van der Waals surface area contributed by atoms with Crippen molar-refractivity contribution in [1.29, 1.82) is 0 Å². The van der Waals surface area contributed by atoms with E-state index in [4.69, 9.17) is 0 Å². The van der Waals surface area contributed by atoms with E-state index >= 15 is 0 Å². The molecule has 0 bridgehead atoms. The van der Waals surface area contributed by atoms with Crippen LogP contribution in [0.5, 0.6) is 0 Å². The lowest BCUT2D eigenvalue weighted by atomic mass is 10.1. The average Bonchev–Trinajstić information content (AvgIpc) is 2.80. The van der Waals surface area contributed by atoms with Gasteiger partial charge in [0.05, 0.1) is 6.04 Å². The molecule has 2 unspecified atom stereocenters. The van der Waals surface area contributed by atoms with Crippen LogP contribution in [0.25, 0.3) is 0 Å². The van der Waals surface area contributed by atoms with Gasteiger partial charge in [-0.05, 0) is 43.4 Å². The van der Waals surface area contributed by atoms with E-state index in [1.165, 1.54) is 6.07 Å². The molecule has 2 N–H and O–H groups in total. The summed E-state index contributed by atoms with van der Waals surface area (Å²) in [5, 5.41) is 6.16. The Bertz CT molecular complexity index is 461. The summed E-state index contributed by atoms with van der Waals surface area (Å²) in [7, 11) is 0. The average molecular weight is 264 g/mol. The second-order valence-electron chi connectivity index (χ2n) is 5.08. The van der Waals surface area contributed by atoms with Crippen molar-refractivity contribution in [3.63, 3.8) is 0 Å². The molecule has 3 nitrogen and oxygen atoms in total. The first-order chi connectivity index (χ1) is 9.13. The third-order valence-corrected chi connectivity index (χ3v) is 3.61. The molecular weight excluding hydrogens is 243 g/mol. The lowest BCUT2D eigenvalue weighted by Crippen LogP contribution is -2.43. The summed E-state index contributed by atoms with van der Waals surface area (Å²) >= 11 is 0. The smallest absolute Gasteiger partial charge is 0.236 e. The molecule has 0 saturated carbocycles. The Labute approximate surface area is 113 Å². The van der Waals surface area contributed by atoms with Crippen molar-refractivity contribution in [3.05, 3.63) is 35.1 Å². The highest BCUT2D eigenvalue weighted by Gasteiger charge is 2.27. The number of fused-ring (bicyclic) bond motifs is 1. The van der Waals surface area contributed by atoms with Crippen LogP contribution in [-0.2, 0) is 11.2 Å². The number of nitrogens with one attached hydrogen (secondary N) is 2. The fourth-order valence-electron chi connectivity index (χ4n) is 2.56. The summed E-state index contributed by atoms with van der Waals surface area (Å²) in [5.41, 5.74) is 1.79. The molecular formula is C15H21FN2O. The molecule has 0 aromatic heterocycles. The molecule has 0 spiro atoms. The summed E-state index contributed by atoms with van der Waals surface area (Å²) < 4.78 is 13.6. The molecule has 1 aromatic carbocycles. The molecule has 4 heteroatoms. The monoisotopic (exact) mass is 264 g/mol. The maximum Gasteiger partial charge on any atom is 0.236 e. The zero-order valence-corrected chi connectivity index (χ0v) is 11.5. The fourth-order valence-corrected chi connectivity index (χ4v) is 2.56. The highest BCUT2D eigenvalue weighted by atomic mass is 19.1. The molecule has 0 heterocycles. The van der Waals surface area contributed by atoms with Crippen molar-refractivity contribution < 1.29 is 9.18 Å². The van der Waals surface area contributed by atoms with Gasteiger partial charge in [-0.3, -0.25) is 10.1 Å². The topological polar surface area (TPSA) is 41.1 Å². The van der Waals surface area contributed by atoms with Crippen molar-refractivity contribution in [2.45, 2.75) is 45.2 Å². The maximum absolute atomic E-state index is 13.6. The first-order valence-corrected chi connectivity index (χ1v) is 6.94. The second-order valence-corrected chi connectivity index (χ2v) is 5.08. The summed E-state index contributed by atoms with van der Waals surface area (Å²) in [4.78, 5) is 11.8. The van der Waals surface area contributed by atoms with Gasteiger partial charge in [-0.1, -0.05) is 19.1 Å². The number of rotatable bonds is 5. The van der Waals surface area contributed by atoms with Gasteiger partial charge in [0.25, 0.3) is 0 Å². The third kappa shape index (κ3) is 3.13. The van der Waals surface area contributed by atoms with Crippen LogP contribution in [0.15, 0.2) is 18.2 Å². The van der Waals surface area contributed by atoms with Crippen LogP contribution in [0.3, 0.4) is 0 Å². The highest BCUT2D eigenvalue weighted by molar-refractivity contribution is 5.81. The van der Waals surface area contributed by atoms with E-state index in [0.29, 0.717) is 6.54 Å². The summed E-state index contributed by atoms with van der Waals surface area (Å²) in [6, 6.07) is 4.99. The van der Waals surface area contributed by atoms with E-state index in [-0.39, 0.29) is 23.8 Å². The van der Waals surface area contributed by atoms with E-state index in [1.54, 1.807) is 6.07 Å². The first-order valence-electron chi connectivity index (χ1n) is 6.94. The zero-order chi connectivity index (χ0) is 13.8. The number of hydrogen-bond donors (Lipinski definition) is 2. The Hall–Kier alpha value is -1.42. The lowest BCUT2D eigenvalue weighted by Gasteiger charge is -2.20. The minimum Gasteiger partial charge on any atom is -0.355 e. The first kappa shape index (κ1) is 14.0. The summed E-state index contributed by atoms with van der Waals surface area (Å²) in [5.74, 6) is -0.128. The second kappa shape index (κ2) is 6.15. The number of hydrogen-bond acceptors (Lipinski definition) is 2. The fraction of sp³-hybridized carbons (Fsp3) is 0.533. The van der Waals surface area contributed by atoms with Gasteiger partial charge >= 0.3 is 0 Å². The van der Waals surface area contributed by atoms with Crippen LogP contribution < -0.4 is 10.6 Å². The minimum absolute atomic E-state index is 0.00621. The molecule has 2 atom stereocenters.